The Hall–Kier alpha value is -5.24. The zero-order chi connectivity index (χ0) is 33.3. The fourth-order valence-corrected chi connectivity index (χ4v) is 4.87. The van der Waals surface area contributed by atoms with E-state index in [9.17, 15) is 27.6 Å². The van der Waals surface area contributed by atoms with Crippen LogP contribution in [0.15, 0.2) is 87.1 Å². The number of nitrogens with one attached hydrogen (secondary N) is 2. The van der Waals surface area contributed by atoms with E-state index in [1.807, 2.05) is 23.6 Å². The largest absolute Gasteiger partial charge is 0.542 e. The molecule has 4 N–H and O–H groups in total. The highest BCUT2D eigenvalue weighted by Crippen LogP contribution is 2.20. The fraction of sp³-hybridized carbons (Fsp3) is 0.281. The van der Waals surface area contributed by atoms with Gasteiger partial charge in [0.1, 0.15) is 18.6 Å². The number of oxazole rings is 1. The standard InChI is InChI=1S/C30H31N5O4.C2HF3O2/c1-31-27(36)14-4-2-3-11-23(33-28(37)19-35-25-12-7-8-13-26(25)39-30(35)38)29-32-18-24(34-29)22-16-15-20-9-5-6-10-21(20)17-22;3-2(4,5)1(6)7/h5-10,12-13,15-18,23H,2-4,11,14,19H2,1H3,(H,31,36)(H,32,34)(H,33,37);(H,6,7)/t23-;/m0./s1. The molecular formula is C32H32F3N5O6. The van der Waals surface area contributed by atoms with Gasteiger partial charge in [-0.05, 0) is 47.9 Å². The summed E-state index contributed by atoms with van der Waals surface area (Å²) in [5.74, 6) is -3.08. The molecule has 0 saturated heterocycles. The topological polar surface area (TPSA) is 162 Å². The maximum atomic E-state index is 13.1. The van der Waals surface area contributed by atoms with Crippen molar-refractivity contribution in [3.63, 3.8) is 0 Å². The van der Waals surface area contributed by atoms with E-state index in [0.717, 1.165) is 41.7 Å². The van der Waals surface area contributed by atoms with Gasteiger partial charge in [-0.1, -0.05) is 55.3 Å². The molecular weight excluding hydrogens is 607 g/mol. The number of carboxylic acid groups (broad SMARTS) is 1. The molecule has 1 aromatic heterocycles. The lowest BCUT2D eigenvalue weighted by molar-refractivity contribution is -0.434. The summed E-state index contributed by atoms with van der Waals surface area (Å²) in [6.07, 6.45) is 0.212. The molecule has 1 atom stereocenters. The maximum Gasteiger partial charge on any atom is 0.430 e. The number of rotatable bonds is 11. The van der Waals surface area contributed by atoms with Gasteiger partial charge in [0.05, 0.1) is 11.7 Å². The van der Waals surface area contributed by atoms with Crippen molar-refractivity contribution in [3.8, 4) is 0 Å². The molecule has 11 nitrogen and oxygen atoms in total. The fourth-order valence-electron chi connectivity index (χ4n) is 4.87. The van der Waals surface area contributed by atoms with Crippen molar-refractivity contribution in [2.45, 2.75) is 50.9 Å². The van der Waals surface area contributed by atoms with Crippen molar-refractivity contribution < 1.29 is 42.4 Å². The predicted molar refractivity (Wildman–Crippen MR) is 162 cm³/mol. The molecule has 0 spiro atoms. The van der Waals surface area contributed by atoms with Crippen LogP contribution in [0.4, 0.5) is 13.2 Å². The highest BCUT2D eigenvalue weighted by molar-refractivity contribution is 5.92. The summed E-state index contributed by atoms with van der Waals surface area (Å²) in [5, 5.41) is 18.8. The minimum absolute atomic E-state index is 0.0235. The molecule has 0 saturated carbocycles. The summed E-state index contributed by atoms with van der Waals surface area (Å²) in [5.41, 5.74) is 3.06. The average molecular weight is 640 g/mol. The molecule has 0 aliphatic carbocycles. The number of carboxylic acids is 1. The van der Waals surface area contributed by atoms with Gasteiger partial charge in [-0.25, -0.2) is 9.79 Å². The molecule has 0 unspecified atom stereocenters. The molecule has 0 bridgehead atoms. The Morgan fingerprint density at radius 2 is 1.67 bits per heavy atom. The van der Waals surface area contributed by atoms with E-state index < -0.39 is 17.9 Å². The van der Waals surface area contributed by atoms with Gasteiger partial charge in [0.25, 0.3) is 0 Å². The number of alkyl halides is 3. The molecule has 242 valence electrons. The minimum atomic E-state index is -5.19. The van der Waals surface area contributed by atoms with Gasteiger partial charge in [-0.15, -0.1) is 0 Å². The van der Waals surface area contributed by atoms with E-state index in [1.165, 1.54) is 9.95 Å². The van der Waals surface area contributed by atoms with Crippen molar-refractivity contribution >= 4 is 51.2 Å². The Kier molecular flexibility index (Phi) is 11.1. The number of halogens is 3. The number of fused-ring (bicyclic) bond motifs is 2. The number of amidine groups is 1. The van der Waals surface area contributed by atoms with Gasteiger partial charge in [-0.2, -0.15) is 13.2 Å². The molecule has 46 heavy (non-hydrogen) atoms. The molecule has 3 aromatic carbocycles. The van der Waals surface area contributed by atoms with Crippen LogP contribution in [0, 0.1) is 0 Å². The zero-order valence-electron chi connectivity index (χ0n) is 24.8. The highest BCUT2D eigenvalue weighted by atomic mass is 19.4. The molecule has 0 fully saturated rings. The lowest BCUT2D eigenvalue weighted by Gasteiger charge is -2.17. The number of amides is 2. The normalized spacial score (nSPS) is 13.4. The minimum Gasteiger partial charge on any atom is -0.542 e. The van der Waals surface area contributed by atoms with Crippen LogP contribution < -0.4 is 26.8 Å². The Morgan fingerprint density at radius 1 is 0.978 bits per heavy atom. The first kappa shape index (κ1) is 33.6. The molecule has 5 rings (SSSR count). The predicted octanol–water partition coefficient (Wildman–Crippen LogP) is 2.20. The zero-order valence-corrected chi connectivity index (χ0v) is 24.8. The monoisotopic (exact) mass is 639 g/mol. The van der Waals surface area contributed by atoms with Crippen LogP contribution in [0.2, 0.25) is 0 Å². The Balaban J connectivity index is 0.000000617. The van der Waals surface area contributed by atoms with E-state index in [0.29, 0.717) is 23.9 Å². The molecule has 2 heterocycles. The number of aromatic nitrogens is 1. The molecule has 2 amide bonds. The number of nitrogens with zero attached hydrogens (tertiary/aromatic N) is 2. The second kappa shape index (κ2) is 15.2. The number of aliphatic carboxylic acids is 1. The molecule has 4 aromatic rings. The smallest absolute Gasteiger partial charge is 0.430 e. The SMILES string of the molecule is CNC(=O)CCCCC[C@H](NC(=O)Cn1c(=O)oc2ccccc21)C1=NC=C(c2ccc3ccccc3c2)[NH2+]1.O=C([O-])C(F)(F)F. The van der Waals surface area contributed by atoms with Crippen molar-refractivity contribution in [1.29, 1.82) is 0 Å². The van der Waals surface area contributed by atoms with Crippen molar-refractivity contribution in [2.24, 2.45) is 4.99 Å². The number of quaternary nitrogens is 1. The summed E-state index contributed by atoms with van der Waals surface area (Å²) >= 11 is 0. The number of nitrogens with two attached hydrogens (primary N) is 1. The van der Waals surface area contributed by atoms with Gasteiger partial charge >= 0.3 is 11.9 Å². The van der Waals surface area contributed by atoms with E-state index in [2.05, 4.69) is 46.0 Å². The molecule has 0 radical (unpaired) electrons. The number of unbranched alkanes of at least 4 members (excludes halogenated alkanes) is 2. The lowest BCUT2D eigenvalue weighted by Crippen LogP contribution is -2.87. The van der Waals surface area contributed by atoms with E-state index >= 15 is 0 Å². The summed E-state index contributed by atoms with van der Waals surface area (Å²) in [7, 11) is 1.64. The van der Waals surface area contributed by atoms with Crippen molar-refractivity contribution in [3.05, 3.63) is 89.0 Å². The van der Waals surface area contributed by atoms with E-state index in [4.69, 9.17) is 14.3 Å². The number of benzene rings is 3. The third kappa shape index (κ3) is 8.91. The van der Waals surface area contributed by atoms with Gasteiger partial charge in [0, 0.05) is 19.0 Å². The number of para-hydroxylation sites is 2. The number of carbonyl (C=O) groups is 3. The van der Waals surface area contributed by atoms with Crippen LogP contribution >= 0.6 is 0 Å². The van der Waals surface area contributed by atoms with Gasteiger partial charge in [0.15, 0.2) is 11.3 Å². The third-order valence-electron chi connectivity index (χ3n) is 7.21. The second-order valence-corrected chi connectivity index (χ2v) is 10.4. The highest BCUT2D eigenvalue weighted by Gasteiger charge is 2.29. The van der Waals surface area contributed by atoms with Crippen LogP contribution in [0.25, 0.3) is 27.6 Å². The first-order valence-corrected chi connectivity index (χ1v) is 14.4. The Morgan fingerprint density at radius 3 is 2.39 bits per heavy atom. The maximum absolute atomic E-state index is 13.1. The number of hydrogen-bond donors (Lipinski definition) is 3. The van der Waals surface area contributed by atoms with Crippen LogP contribution in [0.1, 0.15) is 37.7 Å². The van der Waals surface area contributed by atoms with Crippen molar-refractivity contribution in [2.75, 3.05) is 7.05 Å². The van der Waals surface area contributed by atoms with E-state index in [1.54, 1.807) is 31.3 Å². The first-order valence-electron chi connectivity index (χ1n) is 14.4. The summed E-state index contributed by atoms with van der Waals surface area (Å²) in [4.78, 5) is 50.5. The lowest BCUT2D eigenvalue weighted by atomic mass is 10.0. The van der Waals surface area contributed by atoms with Crippen molar-refractivity contribution in [1.82, 2.24) is 15.2 Å². The van der Waals surface area contributed by atoms with Crippen LogP contribution in [-0.4, -0.2) is 47.5 Å². The Labute approximate surface area is 260 Å². The number of aliphatic imine (C=N–C) groups is 1. The number of hydrogen-bond acceptors (Lipinski definition) is 7. The molecule has 1 aliphatic rings. The van der Waals surface area contributed by atoms with Crippen LogP contribution in [0.5, 0.6) is 0 Å². The number of carbonyl (C=O) groups excluding carboxylic acids is 3. The van der Waals surface area contributed by atoms with E-state index in [-0.39, 0.29) is 24.4 Å². The molecule has 14 heteroatoms. The van der Waals surface area contributed by atoms with Crippen LogP contribution in [0.3, 0.4) is 0 Å². The first-order chi connectivity index (χ1) is 22.0. The Bertz CT molecular complexity index is 1840. The quantitative estimate of drug-likeness (QED) is 0.213. The van der Waals surface area contributed by atoms with Crippen LogP contribution in [-0.2, 0) is 20.9 Å². The summed E-state index contributed by atoms with van der Waals surface area (Å²) in [6, 6.07) is 21.2. The average Bonchev–Trinajstić information content (AvgIpc) is 3.64. The second-order valence-electron chi connectivity index (χ2n) is 10.4. The van der Waals surface area contributed by atoms with Gasteiger partial charge in [0.2, 0.25) is 17.6 Å². The molecule has 1 aliphatic heterocycles. The third-order valence-corrected chi connectivity index (χ3v) is 7.21. The summed E-state index contributed by atoms with van der Waals surface area (Å²) < 4.78 is 38.2. The van der Waals surface area contributed by atoms with Gasteiger partial charge < -0.3 is 25.0 Å². The van der Waals surface area contributed by atoms with Gasteiger partial charge in [-0.3, -0.25) is 19.5 Å². The summed E-state index contributed by atoms with van der Waals surface area (Å²) in [6.45, 7) is -0.152.